The molecule has 4 heteroatoms. The van der Waals surface area contributed by atoms with E-state index < -0.39 is 0 Å². The maximum atomic E-state index is 9.84. The lowest BCUT2D eigenvalue weighted by molar-refractivity contribution is 0.171. The highest BCUT2D eigenvalue weighted by molar-refractivity contribution is 5.27. The molecule has 0 aliphatic carbocycles. The maximum Gasteiger partial charge on any atom is 0.138 e. The topological polar surface area (TPSA) is 39.6 Å². The van der Waals surface area contributed by atoms with E-state index in [-0.39, 0.29) is 5.75 Å². The van der Waals surface area contributed by atoms with Gasteiger partial charge in [-0.25, -0.2) is 0 Å². The summed E-state index contributed by atoms with van der Waals surface area (Å²) < 4.78 is 0. The second-order valence-corrected chi connectivity index (χ2v) is 5.09. The van der Waals surface area contributed by atoms with Crippen LogP contribution in [0.1, 0.15) is 25.2 Å². The predicted octanol–water partition coefficient (Wildman–Crippen LogP) is 1.87. The average Bonchev–Trinajstić information content (AvgIpc) is 2.29. The third kappa shape index (κ3) is 4.27. The maximum absolute atomic E-state index is 9.84. The molecule has 1 atom stereocenters. The van der Waals surface area contributed by atoms with Crippen LogP contribution in [0.15, 0.2) is 12.1 Å². The molecule has 1 unspecified atom stereocenters. The first-order valence-electron chi connectivity index (χ1n) is 6.48. The fraction of sp³-hybridized carbons (Fsp3) is 0.643. The van der Waals surface area contributed by atoms with Gasteiger partial charge >= 0.3 is 0 Å². The molecule has 1 aromatic heterocycles. The van der Waals surface area contributed by atoms with E-state index in [9.17, 15) is 5.11 Å². The Bertz CT molecular complexity index is 379. The molecular weight excluding hydrogens is 226 g/mol. The molecule has 1 N–H and O–H groups in total. The van der Waals surface area contributed by atoms with Crippen molar-refractivity contribution in [3.05, 3.63) is 23.5 Å². The van der Waals surface area contributed by atoms with Crippen molar-refractivity contribution < 1.29 is 5.11 Å². The standard InChI is InChI=1S/C14H25N3O/c1-6-17(12(3)9-16(4)5)10-13-14(18)8-7-11(2)15-13/h7-8,12,18H,6,9-10H2,1-5H3. The Morgan fingerprint density at radius 2 is 2.00 bits per heavy atom. The SMILES string of the molecule is CCN(Cc1nc(C)ccc1O)C(C)CN(C)C. The minimum Gasteiger partial charge on any atom is -0.506 e. The summed E-state index contributed by atoms with van der Waals surface area (Å²) in [4.78, 5) is 8.92. The van der Waals surface area contributed by atoms with Gasteiger partial charge in [0, 0.05) is 24.8 Å². The van der Waals surface area contributed by atoms with Crippen molar-refractivity contribution in [3.8, 4) is 5.75 Å². The number of aromatic hydroxyl groups is 1. The molecule has 0 saturated heterocycles. The van der Waals surface area contributed by atoms with Crippen molar-refractivity contribution in [2.75, 3.05) is 27.2 Å². The van der Waals surface area contributed by atoms with Gasteiger partial charge in [-0.3, -0.25) is 9.88 Å². The van der Waals surface area contributed by atoms with E-state index in [4.69, 9.17) is 0 Å². The van der Waals surface area contributed by atoms with Crippen LogP contribution in [-0.4, -0.2) is 53.1 Å². The van der Waals surface area contributed by atoms with E-state index in [0.29, 0.717) is 12.6 Å². The number of pyridine rings is 1. The van der Waals surface area contributed by atoms with Gasteiger partial charge in [0.1, 0.15) is 5.75 Å². The van der Waals surface area contributed by atoms with Crippen molar-refractivity contribution in [2.24, 2.45) is 0 Å². The van der Waals surface area contributed by atoms with Gasteiger partial charge in [-0.05, 0) is 46.6 Å². The van der Waals surface area contributed by atoms with Gasteiger partial charge in [0.15, 0.2) is 0 Å². The fourth-order valence-corrected chi connectivity index (χ4v) is 2.14. The predicted molar refractivity (Wildman–Crippen MR) is 74.7 cm³/mol. The Hall–Kier alpha value is -1.13. The first kappa shape index (κ1) is 14.9. The van der Waals surface area contributed by atoms with Crippen LogP contribution in [0, 0.1) is 6.92 Å². The average molecular weight is 251 g/mol. The summed E-state index contributed by atoms with van der Waals surface area (Å²) in [6, 6.07) is 3.99. The number of hydrogen-bond acceptors (Lipinski definition) is 4. The molecule has 0 saturated carbocycles. The number of rotatable bonds is 6. The lowest BCUT2D eigenvalue weighted by Gasteiger charge is -2.29. The number of hydrogen-bond donors (Lipinski definition) is 1. The van der Waals surface area contributed by atoms with Crippen molar-refractivity contribution in [1.29, 1.82) is 0 Å². The molecule has 0 bridgehead atoms. The number of aryl methyl sites for hydroxylation is 1. The lowest BCUT2D eigenvalue weighted by Crippen LogP contribution is -2.39. The number of aromatic nitrogens is 1. The van der Waals surface area contributed by atoms with Gasteiger partial charge in [-0.1, -0.05) is 6.92 Å². The second kappa shape index (κ2) is 6.71. The smallest absolute Gasteiger partial charge is 0.138 e. The molecule has 0 aliphatic rings. The van der Waals surface area contributed by atoms with Crippen LogP contribution in [0.3, 0.4) is 0 Å². The summed E-state index contributed by atoms with van der Waals surface area (Å²) in [6.45, 7) is 8.93. The third-order valence-corrected chi connectivity index (χ3v) is 3.10. The molecule has 0 aliphatic heterocycles. The van der Waals surface area contributed by atoms with Crippen LogP contribution in [0.4, 0.5) is 0 Å². The number of likely N-dealkylation sites (N-methyl/N-ethyl adjacent to an activating group) is 2. The largest absolute Gasteiger partial charge is 0.506 e. The zero-order valence-corrected chi connectivity index (χ0v) is 12.1. The summed E-state index contributed by atoms with van der Waals surface area (Å²) >= 11 is 0. The first-order valence-corrected chi connectivity index (χ1v) is 6.48. The highest BCUT2D eigenvalue weighted by atomic mass is 16.3. The van der Waals surface area contributed by atoms with Crippen molar-refractivity contribution in [3.63, 3.8) is 0 Å². The zero-order chi connectivity index (χ0) is 13.7. The van der Waals surface area contributed by atoms with Gasteiger partial charge in [-0.15, -0.1) is 0 Å². The number of nitrogens with zero attached hydrogens (tertiary/aromatic N) is 3. The Balaban J connectivity index is 2.76. The van der Waals surface area contributed by atoms with Gasteiger partial charge in [0.2, 0.25) is 0 Å². The van der Waals surface area contributed by atoms with Crippen LogP contribution in [0.25, 0.3) is 0 Å². The summed E-state index contributed by atoms with van der Waals surface area (Å²) in [5, 5.41) is 9.84. The van der Waals surface area contributed by atoms with Crippen LogP contribution < -0.4 is 0 Å². The van der Waals surface area contributed by atoms with Gasteiger partial charge in [-0.2, -0.15) is 0 Å². The van der Waals surface area contributed by atoms with E-state index in [1.807, 2.05) is 13.0 Å². The fourth-order valence-electron chi connectivity index (χ4n) is 2.14. The molecular formula is C14H25N3O. The molecule has 0 spiro atoms. The highest BCUT2D eigenvalue weighted by Gasteiger charge is 2.15. The molecule has 1 rings (SSSR count). The van der Waals surface area contributed by atoms with Crippen LogP contribution in [0.5, 0.6) is 5.75 Å². The molecule has 0 radical (unpaired) electrons. The molecule has 102 valence electrons. The van der Waals surface area contributed by atoms with E-state index >= 15 is 0 Å². The van der Waals surface area contributed by atoms with E-state index in [1.165, 1.54) is 0 Å². The van der Waals surface area contributed by atoms with E-state index in [0.717, 1.165) is 24.5 Å². The minimum atomic E-state index is 0.288. The molecule has 0 amide bonds. The van der Waals surface area contributed by atoms with E-state index in [1.54, 1.807) is 6.07 Å². The van der Waals surface area contributed by atoms with Crippen LogP contribution >= 0.6 is 0 Å². The Labute approximate surface area is 110 Å². The first-order chi connectivity index (χ1) is 8.43. The molecule has 4 nitrogen and oxygen atoms in total. The van der Waals surface area contributed by atoms with Gasteiger partial charge in [0.25, 0.3) is 0 Å². The summed E-state index contributed by atoms with van der Waals surface area (Å²) in [5.74, 6) is 0.288. The quantitative estimate of drug-likeness (QED) is 0.838. The monoisotopic (exact) mass is 251 g/mol. The van der Waals surface area contributed by atoms with Gasteiger partial charge < -0.3 is 10.0 Å². The molecule has 1 aromatic rings. The Morgan fingerprint density at radius 3 is 2.56 bits per heavy atom. The Morgan fingerprint density at radius 1 is 1.33 bits per heavy atom. The normalized spacial score (nSPS) is 13.3. The zero-order valence-electron chi connectivity index (χ0n) is 12.1. The second-order valence-electron chi connectivity index (χ2n) is 5.09. The third-order valence-electron chi connectivity index (χ3n) is 3.10. The van der Waals surface area contributed by atoms with Crippen molar-refractivity contribution in [1.82, 2.24) is 14.8 Å². The van der Waals surface area contributed by atoms with E-state index in [2.05, 4.69) is 42.7 Å². The minimum absolute atomic E-state index is 0.288. The Kier molecular flexibility index (Phi) is 5.56. The summed E-state index contributed by atoms with van der Waals surface area (Å²) in [5.41, 5.74) is 1.71. The van der Waals surface area contributed by atoms with Gasteiger partial charge in [0.05, 0.1) is 5.69 Å². The molecule has 1 heterocycles. The molecule has 0 aromatic carbocycles. The summed E-state index contributed by atoms with van der Waals surface area (Å²) in [6.07, 6.45) is 0. The van der Waals surface area contributed by atoms with Crippen LogP contribution in [-0.2, 0) is 6.54 Å². The summed E-state index contributed by atoms with van der Waals surface area (Å²) in [7, 11) is 4.15. The highest BCUT2D eigenvalue weighted by Crippen LogP contribution is 2.18. The van der Waals surface area contributed by atoms with Crippen LogP contribution in [0.2, 0.25) is 0 Å². The molecule has 0 fully saturated rings. The molecule has 18 heavy (non-hydrogen) atoms. The van der Waals surface area contributed by atoms with Crippen molar-refractivity contribution in [2.45, 2.75) is 33.4 Å². The van der Waals surface area contributed by atoms with Crippen molar-refractivity contribution >= 4 is 0 Å². The lowest BCUT2D eigenvalue weighted by atomic mass is 10.2.